The zero-order chi connectivity index (χ0) is 12.7. The monoisotopic (exact) mass is 251 g/mol. The summed E-state index contributed by atoms with van der Waals surface area (Å²) >= 11 is 0. The molecular formula is C16H29NO. The van der Waals surface area contributed by atoms with Crippen molar-refractivity contribution < 1.29 is 5.48 Å². The molecule has 1 aromatic rings. The van der Waals surface area contributed by atoms with Crippen LogP contribution in [0.3, 0.4) is 0 Å². The predicted molar refractivity (Wildman–Crippen MR) is 79.7 cm³/mol. The Labute approximate surface area is 112 Å². The largest absolute Gasteiger partial charge is 0.412 e. The summed E-state index contributed by atoms with van der Waals surface area (Å²) in [6.07, 6.45) is 5.71. The lowest BCUT2D eigenvalue weighted by Crippen LogP contribution is -2.47. The minimum Gasteiger partial charge on any atom is -0.412 e. The Morgan fingerprint density at radius 1 is 1.06 bits per heavy atom. The van der Waals surface area contributed by atoms with Crippen LogP contribution in [0.1, 0.15) is 52.0 Å². The highest BCUT2D eigenvalue weighted by Gasteiger charge is 2.30. The van der Waals surface area contributed by atoms with E-state index in [-0.39, 0.29) is 11.0 Å². The van der Waals surface area contributed by atoms with E-state index in [1.165, 1.54) is 18.4 Å². The maximum absolute atomic E-state index is 6.57. The maximum Gasteiger partial charge on any atom is 0.0180 e. The van der Waals surface area contributed by atoms with Gasteiger partial charge < -0.3 is 11.2 Å². The smallest absolute Gasteiger partial charge is 0.0180 e. The van der Waals surface area contributed by atoms with E-state index in [0.717, 1.165) is 19.3 Å². The van der Waals surface area contributed by atoms with Crippen LogP contribution in [0.4, 0.5) is 0 Å². The van der Waals surface area contributed by atoms with Crippen molar-refractivity contribution in [1.29, 1.82) is 0 Å². The Kier molecular flexibility index (Phi) is 7.88. The van der Waals surface area contributed by atoms with Crippen molar-refractivity contribution in [3.8, 4) is 0 Å². The Hall–Kier alpha value is -0.860. The second kappa shape index (κ2) is 8.28. The fraction of sp³-hybridized carbons (Fsp3) is 0.625. The van der Waals surface area contributed by atoms with E-state index in [2.05, 4.69) is 51.1 Å². The number of rotatable bonds is 7. The normalized spacial score (nSPS) is 12.9. The zero-order valence-corrected chi connectivity index (χ0v) is 12.1. The minimum atomic E-state index is 0. The molecule has 0 heterocycles. The number of hydrogen-bond donors (Lipinski definition) is 1. The van der Waals surface area contributed by atoms with Gasteiger partial charge in [-0.25, -0.2) is 0 Å². The Morgan fingerprint density at radius 3 is 2.06 bits per heavy atom. The van der Waals surface area contributed by atoms with Gasteiger partial charge in [-0.2, -0.15) is 0 Å². The number of nitrogens with two attached hydrogens (primary N) is 1. The predicted octanol–water partition coefficient (Wildman–Crippen LogP) is 3.34. The van der Waals surface area contributed by atoms with Crippen molar-refractivity contribution in [3.63, 3.8) is 0 Å². The van der Waals surface area contributed by atoms with Crippen LogP contribution in [0.2, 0.25) is 0 Å². The third kappa shape index (κ3) is 4.43. The molecule has 0 aromatic heterocycles. The third-order valence-electron chi connectivity index (χ3n) is 4.09. The molecule has 0 aliphatic rings. The summed E-state index contributed by atoms with van der Waals surface area (Å²) in [5.74, 6) is 0.602. The van der Waals surface area contributed by atoms with Crippen molar-refractivity contribution in [3.05, 3.63) is 35.9 Å². The van der Waals surface area contributed by atoms with Gasteiger partial charge in [-0.1, -0.05) is 57.5 Å². The van der Waals surface area contributed by atoms with Crippen molar-refractivity contribution in [1.82, 2.24) is 0 Å². The van der Waals surface area contributed by atoms with Gasteiger partial charge in [0.1, 0.15) is 0 Å². The van der Waals surface area contributed by atoms with Gasteiger partial charge in [0.2, 0.25) is 0 Å². The highest BCUT2D eigenvalue weighted by molar-refractivity contribution is 5.16. The first-order valence-corrected chi connectivity index (χ1v) is 6.99. The van der Waals surface area contributed by atoms with Crippen LogP contribution >= 0.6 is 0 Å². The zero-order valence-electron chi connectivity index (χ0n) is 12.1. The fourth-order valence-electron chi connectivity index (χ4n) is 2.67. The molecule has 0 saturated carbocycles. The molecule has 0 amide bonds. The number of benzene rings is 1. The molecule has 1 aromatic carbocycles. The first-order valence-electron chi connectivity index (χ1n) is 6.99. The van der Waals surface area contributed by atoms with Crippen LogP contribution in [0.25, 0.3) is 0 Å². The minimum absolute atomic E-state index is 0. The quantitative estimate of drug-likeness (QED) is 0.794. The topological polar surface area (TPSA) is 57.5 Å². The summed E-state index contributed by atoms with van der Waals surface area (Å²) < 4.78 is 0. The Balaban J connectivity index is 0.00000289. The van der Waals surface area contributed by atoms with Gasteiger partial charge in [-0.3, -0.25) is 0 Å². The molecule has 0 spiro atoms. The van der Waals surface area contributed by atoms with E-state index >= 15 is 0 Å². The van der Waals surface area contributed by atoms with Crippen LogP contribution in [0.15, 0.2) is 30.3 Å². The van der Waals surface area contributed by atoms with Gasteiger partial charge in [0, 0.05) is 5.54 Å². The van der Waals surface area contributed by atoms with Crippen molar-refractivity contribution >= 4 is 0 Å². The number of hydrogen-bond acceptors (Lipinski definition) is 1. The lowest BCUT2D eigenvalue weighted by Gasteiger charge is -2.36. The Bertz CT molecular complexity index is 306. The average molecular weight is 251 g/mol. The van der Waals surface area contributed by atoms with Crippen LogP contribution in [-0.4, -0.2) is 11.0 Å². The molecule has 104 valence electrons. The van der Waals surface area contributed by atoms with E-state index in [1.807, 2.05) is 0 Å². The van der Waals surface area contributed by atoms with Gasteiger partial charge in [0.05, 0.1) is 0 Å². The van der Waals surface area contributed by atoms with E-state index in [4.69, 9.17) is 5.73 Å². The first kappa shape index (κ1) is 17.1. The molecule has 0 aliphatic heterocycles. The van der Waals surface area contributed by atoms with Crippen molar-refractivity contribution in [2.75, 3.05) is 0 Å². The summed E-state index contributed by atoms with van der Waals surface area (Å²) in [4.78, 5) is 0. The van der Waals surface area contributed by atoms with Crippen molar-refractivity contribution in [2.24, 2.45) is 11.7 Å². The van der Waals surface area contributed by atoms with Gasteiger partial charge in [0.15, 0.2) is 0 Å². The molecule has 0 fully saturated rings. The molecule has 0 saturated heterocycles. The summed E-state index contributed by atoms with van der Waals surface area (Å²) in [5.41, 5.74) is 8.00. The second-order valence-corrected chi connectivity index (χ2v) is 5.12. The second-order valence-electron chi connectivity index (χ2n) is 5.12. The summed E-state index contributed by atoms with van der Waals surface area (Å²) in [6.45, 7) is 6.69. The van der Waals surface area contributed by atoms with E-state index < -0.39 is 0 Å². The first-order chi connectivity index (χ1) is 8.16. The van der Waals surface area contributed by atoms with Crippen LogP contribution < -0.4 is 5.73 Å². The van der Waals surface area contributed by atoms with Crippen LogP contribution in [0, 0.1) is 5.92 Å². The molecule has 2 heteroatoms. The summed E-state index contributed by atoms with van der Waals surface area (Å²) in [5, 5.41) is 0. The van der Waals surface area contributed by atoms with Gasteiger partial charge in [-0.15, -0.1) is 0 Å². The van der Waals surface area contributed by atoms with Gasteiger partial charge in [0.25, 0.3) is 0 Å². The molecule has 4 N–H and O–H groups in total. The molecule has 0 bridgehead atoms. The summed E-state index contributed by atoms with van der Waals surface area (Å²) in [6, 6.07) is 10.7. The summed E-state index contributed by atoms with van der Waals surface area (Å²) in [7, 11) is 0. The van der Waals surface area contributed by atoms with Crippen LogP contribution in [0.5, 0.6) is 0 Å². The fourth-order valence-corrected chi connectivity index (χ4v) is 2.67. The maximum atomic E-state index is 6.57. The van der Waals surface area contributed by atoms with Crippen LogP contribution in [-0.2, 0) is 6.42 Å². The standard InChI is InChI=1S/C16H27N.H2O/c1-4-10-15(16(17,5-2)6-3)13-14-11-8-7-9-12-14;/h7-9,11-12,15H,4-6,10,13,17H2,1-3H3;1H2. The molecule has 1 unspecified atom stereocenters. The highest BCUT2D eigenvalue weighted by Crippen LogP contribution is 2.29. The van der Waals surface area contributed by atoms with Gasteiger partial charge >= 0.3 is 0 Å². The van der Waals surface area contributed by atoms with E-state index in [0.29, 0.717) is 5.92 Å². The molecule has 2 nitrogen and oxygen atoms in total. The molecule has 0 aliphatic carbocycles. The highest BCUT2D eigenvalue weighted by atomic mass is 16.0. The lowest BCUT2D eigenvalue weighted by molar-refractivity contribution is 0.234. The molecule has 1 atom stereocenters. The van der Waals surface area contributed by atoms with Gasteiger partial charge in [-0.05, 0) is 37.2 Å². The Morgan fingerprint density at radius 2 is 1.61 bits per heavy atom. The van der Waals surface area contributed by atoms with E-state index in [1.54, 1.807) is 0 Å². The SMILES string of the molecule is CCCC(Cc1ccccc1)C(N)(CC)CC.O. The van der Waals surface area contributed by atoms with E-state index in [9.17, 15) is 0 Å². The van der Waals surface area contributed by atoms with Crippen molar-refractivity contribution in [2.45, 2.75) is 58.4 Å². The molecule has 18 heavy (non-hydrogen) atoms. The molecule has 1 rings (SSSR count). The average Bonchev–Trinajstić information content (AvgIpc) is 2.38. The molecular weight excluding hydrogens is 222 g/mol. The molecule has 0 radical (unpaired) electrons. The lowest BCUT2D eigenvalue weighted by atomic mass is 9.75. The third-order valence-corrected chi connectivity index (χ3v) is 4.09.